The minimum atomic E-state index is -0.724. The number of benzene rings is 1. The van der Waals surface area contributed by atoms with Gasteiger partial charge in [-0.25, -0.2) is 14.4 Å². The molecular weight excluding hydrogens is 367 g/mol. The van der Waals surface area contributed by atoms with Crippen LogP contribution in [0, 0.1) is 5.82 Å². The van der Waals surface area contributed by atoms with Gasteiger partial charge in [-0.15, -0.1) is 11.3 Å². The minimum absolute atomic E-state index is 0.274. The Morgan fingerprint density at radius 3 is 2.78 bits per heavy atom. The molecule has 0 radical (unpaired) electrons. The molecule has 27 heavy (non-hydrogen) atoms. The summed E-state index contributed by atoms with van der Waals surface area (Å²) in [4.78, 5) is 35.1. The van der Waals surface area contributed by atoms with Crippen LogP contribution in [0.1, 0.15) is 19.4 Å². The standard InChI is InChI=1S/C19H15FN4O2S/c1-2-14(17(25)23-12-7-5-11(20)6-8-12)24-10-22-15-13-4-3-9-21-18(13)27-16(15)19(24)26/h3-10,14H,2H2,1H3,(H,23,25)/t14-/m0/s1. The van der Waals surface area contributed by atoms with E-state index < -0.39 is 6.04 Å². The zero-order chi connectivity index (χ0) is 19.0. The fourth-order valence-electron chi connectivity index (χ4n) is 2.97. The highest BCUT2D eigenvalue weighted by atomic mass is 32.1. The van der Waals surface area contributed by atoms with Gasteiger partial charge in [0, 0.05) is 17.3 Å². The predicted octanol–water partition coefficient (Wildman–Crippen LogP) is 3.74. The molecule has 0 aliphatic rings. The third-order valence-electron chi connectivity index (χ3n) is 4.32. The van der Waals surface area contributed by atoms with Gasteiger partial charge in [-0.05, 0) is 42.8 Å². The van der Waals surface area contributed by atoms with Crippen LogP contribution in [0.5, 0.6) is 0 Å². The first-order valence-corrected chi connectivity index (χ1v) is 9.21. The molecule has 0 aliphatic heterocycles. The lowest BCUT2D eigenvalue weighted by Gasteiger charge is -2.17. The van der Waals surface area contributed by atoms with Crippen LogP contribution in [0.2, 0.25) is 0 Å². The van der Waals surface area contributed by atoms with Crippen molar-refractivity contribution in [3.63, 3.8) is 0 Å². The van der Waals surface area contributed by atoms with Crippen LogP contribution < -0.4 is 10.9 Å². The first-order valence-electron chi connectivity index (χ1n) is 8.39. The Bertz CT molecular complexity index is 1200. The zero-order valence-electron chi connectivity index (χ0n) is 14.3. The van der Waals surface area contributed by atoms with Gasteiger partial charge in [-0.3, -0.25) is 14.2 Å². The number of fused-ring (bicyclic) bond motifs is 3. The Morgan fingerprint density at radius 2 is 2.04 bits per heavy atom. The second-order valence-corrected chi connectivity index (χ2v) is 7.01. The molecule has 4 aromatic rings. The van der Waals surface area contributed by atoms with Crippen molar-refractivity contribution in [3.8, 4) is 0 Å². The van der Waals surface area contributed by atoms with Crippen molar-refractivity contribution in [3.05, 3.63) is 65.1 Å². The lowest BCUT2D eigenvalue weighted by Crippen LogP contribution is -2.33. The van der Waals surface area contributed by atoms with E-state index >= 15 is 0 Å². The SMILES string of the molecule is CC[C@@H](C(=O)Nc1ccc(F)cc1)n1cnc2c(sc3ncccc32)c1=O. The van der Waals surface area contributed by atoms with Crippen LogP contribution in [-0.2, 0) is 4.79 Å². The topological polar surface area (TPSA) is 76.9 Å². The molecule has 0 bridgehead atoms. The Balaban J connectivity index is 1.73. The van der Waals surface area contributed by atoms with Gasteiger partial charge in [-0.2, -0.15) is 0 Å². The van der Waals surface area contributed by atoms with Gasteiger partial charge in [-0.1, -0.05) is 6.92 Å². The highest BCUT2D eigenvalue weighted by Gasteiger charge is 2.22. The van der Waals surface area contributed by atoms with E-state index in [-0.39, 0.29) is 17.3 Å². The number of anilines is 1. The Kier molecular flexibility index (Phi) is 4.41. The molecule has 1 aromatic carbocycles. The van der Waals surface area contributed by atoms with Crippen molar-refractivity contribution in [2.24, 2.45) is 0 Å². The van der Waals surface area contributed by atoms with E-state index in [1.54, 1.807) is 12.3 Å². The number of nitrogens with zero attached hydrogens (tertiary/aromatic N) is 3. The molecule has 0 unspecified atom stereocenters. The number of aromatic nitrogens is 3. The summed E-state index contributed by atoms with van der Waals surface area (Å²) in [5, 5.41) is 3.54. The quantitative estimate of drug-likeness (QED) is 0.583. The van der Waals surface area contributed by atoms with Crippen molar-refractivity contribution in [1.29, 1.82) is 0 Å². The lowest BCUT2D eigenvalue weighted by atomic mass is 10.2. The number of thiophene rings is 1. The van der Waals surface area contributed by atoms with E-state index in [1.807, 2.05) is 13.0 Å². The number of amides is 1. The molecule has 0 aliphatic carbocycles. The number of hydrogen-bond donors (Lipinski definition) is 1. The maximum absolute atomic E-state index is 13.0. The van der Waals surface area contributed by atoms with Crippen LogP contribution >= 0.6 is 11.3 Å². The monoisotopic (exact) mass is 382 g/mol. The van der Waals surface area contributed by atoms with Crippen LogP contribution in [0.15, 0.2) is 53.7 Å². The number of carbonyl (C=O) groups is 1. The van der Waals surface area contributed by atoms with Gasteiger partial charge >= 0.3 is 0 Å². The summed E-state index contributed by atoms with van der Waals surface area (Å²) in [5.74, 6) is -0.740. The predicted molar refractivity (Wildman–Crippen MR) is 104 cm³/mol. The van der Waals surface area contributed by atoms with Crippen LogP contribution in [0.25, 0.3) is 20.4 Å². The number of halogens is 1. The van der Waals surface area contributed by atoms with E-state index in [9.17, 15) is 14.0 Å². The van der Waals surface area contributed by atoms with Gasteiger partial charge < -0.3 is 5.32 Å². The number of nitrogens with one attached hydrogen (secondary N) is 1. The van der Waals surface area contributed by atoms with Crippen molar-refractivity contribution in [2.45, 2.75) is 19.4 Å². The van der Waals surface area contributed by atoms with E-state index in [0.29, 0.717) is 22.3 Å². The van der Waals surface area contributed by atoms with E-state index in [1.165, 1.54) is 46.5 Å². The van der Waals surface area contributed by atoms with E-state index in [2.05, 4.69) is 15.3 Å². The average Bonchev–Trinajstić information content (AvgIpc) is 3.06. The summed E-state index contributed by atoms with van der Waals surface area (Å²) in [6.07, 6.45) is 3.48. The molecule has 1 amide bonds. The van der Waals surface area contributed by atoms with Gasteiger partial charge in [0.25, 0.3) is 5.56 Å². The molecule has 1 N–H and O–H groups in total. The highest BCUT2D eigenvalue weighted by Crippen LogP contribution is 2.28. The summed E-state index contributed by atoms with van der Waals surface area (Å²) in [5.41, 5.74) is 0.787. The third-order valence-corrected chi connectivity index (χ3v) is 5.41. The summed E-state index contributed by atoms with van der Waals surface area (Å²) in [6, 6.07) is 8.42. The third kappa shape index (κ3) is 3.08. The number of hydrogen-bond acceptors (Lipinski definition) is 5. The van der Waals surface area contributed by atoms with Gasteiger partial charge in [0.1, 0.15) is 21.4 Å². The number of rotatable bonds is 4. The summed E-state index contributed by atoms with van der Waals surface area (Å²) in [6.45, 7) is 1.82. The highest BCUT2D eigenvalue weighted by molar-refractivity contribution is 7.25. The van der Waals surface area contributed by atoms with Gasteiger partial charge in [0.15, 0.2) is 0 Å². The molecule has 6 nitrogen and oxygen atoms in total. The fourth-order valence-corrected chi connectivity index (χ4v) is 4.01. The minimum Gasteiger partial charge on any atom is -0.324 e. The van der Waals surface area contributed by atoms with E-state index in [4.69, 9.17) is 0 Å². The molecular formula is C19H15FN4O2S. The maximum atomic E-state index is 13.0. The molecule has 4 rings (SSSR count). The van der Waals surface area contributed by atoms with Crippen molar-refractivity contribution >= 4 is 43.4 Å². The largest absolute Gasteiger partial charge is 0.324 e. The second kappa shape index (κ2) is 6.88. The maximum Gasteiger partial charge on any atom is 0.272 e. The zero-order valence-corrected chi connectivity index (χ0v) is 15.2. The molecule has 0 saturated carbocycles. The van der Waals surface area contributed by atoms with Gasteiger partial charge in [0.05, 0.1) is 11.8 Å². The molecule has 8 heteroatoms. The molecule has 3 heterocycles. The summed E-state index contributed by atoms with van der Waals surface area (Å²) < 4.78 is 14.8. The number of carbonyl (C=O) groups excluding carboxylic acids is 1. The van der Waals surface area contributed by atoms with Crippen LogP contribution in [0.3, 0.4) is 0 Å². The van der Waals surface area contributed by atoms with Crippen LogP contribution in [-0.4, -0.2) is 20.4 Å². The Labute approximate surface area is 157 Å². The molecule has 1 atom stereocenters. The normalized spacial score (nSPS) is 12.4. The smallest absolute Gasteiger partial charge is 0.272 e. The summed E-state index contributed by atoms with van der Waals surface area (Å²) in [7, 11) is 0. The fraction of sp³-hybridized carbons (Fsp3) is 0.158. The lowest BCUT2D eigenvalue weighted by molar-refractivity contribution is -0.119. The molecule has 0 fully saturated rings. The first kappa shape index (κ1) is 17.3. The van der Waals surface area contributed by atoms with Crippen molar-refractivity contribution < 1.29 is 9.18 Å². The molecule has 3 aromatic heterocycles. The Hall–Kier alpha value is -3.13. The molecule has 0 saturated heterocycles. The number of pyridine rings is 1. The van der Waals surface area contributed by atoms with Crippen LogP contribution in [0.4, 0.5) is 10.1 Å². The van der Waals surface area contributed by atoms with Crippen molar-refractivity contribution in [1.82, 2.24) is 14.5 Å². The molecule has 136 valence electrons. The summed E-state index contributed by atoms with van der Waals surface area (Å²) >= 11 is 1.27. The second-order valence-electron chi connectivity index (χ2n) is 6.01. The average molecular weight is 382 g/mol. The Morgan fingerprint density at radius 1 is 1.26 bits per heavy atom. The van der Waals surface area contributed by atoms with Gasteiger partial charge in [0.2, 0.25) is 5.91 Å². The first-order chi connectivity index (χ1) is 13.1. The van der Waals surface area contributed by atoms with E-state index in [0.717, 1.165) is 10.2 Å². The molecule has 0 spiro atoms. The van der Waals surface area contributed by atoms with Crippen molar-refractivity contribution in [2.75, 3.05) is 5.32 Å².